The molecule has 0 aliphatic carbocycles. The van der Waals surface area contributed by atoms with Crippen molar-refractivity contribution < 1.29 is 9.53 Å². The third-order valence-electron chi connectivity index (χ3n) is 5.92. The van der Waals surface area contributed by atoms with Crippen molar-refractivity contribution in [3.63, 3.8) is 0 Å². The Labute approximate surface area is 185 Å². The Hall–Kier alpha value is -3.17. The third-order valence-corrected chi connectivity index (χ3v) is 5.92. The largest absolute Gasteiger partial charge is 0.453 e. The van der Waals surface area contributed by atoms with Gasteiger partial charge in [-0.3, -0.25) is 4.90 Å². The SMILES string of the molecule is O=C(C=Cc1ccccc1)OC(CN1CCC(c2ccccc2)CC1)c1ccccc1. The van der Waals surface area contributed by atoms with E-state index in [9.17, 15) is 4.79 Å². The lowest BCUT2D eigenvalue weighted by Crippen LogP contribution is -2.37. The monoisotopic (exact) mass is 411 g/mol. The van der Waals surface area contributed by atoms with E-state index in [1.54, 1.807) is 6.08 Å². The third kappa shape index (κ3) is 6.16. The zero-order valence-electron chi connectivity index (χ0n) is 17.8. The molecule has 1 unspecified atom stereocenters. The number of hydrogen-bond acceptors (Lipinski definition) is 3. The maximum absolute atomic E-state index is 12.6. The van der Waals surface area contributed by atoms with Crippen LogP contribution in [0, 0.1) is 0 Å². The highest BCUT2D eigenvalue weighted by atomic mass is 16.5. The molecule has 1 saturated heterocycles. The van der Waals surface area contributed by atoms with Crippen molar-refractivity contribution in [1.82, 2.24) is 4.90 Å². The molecule has 3 aromatic rings. The van der Waals surface area contributed by atoms with E-state index >= 15 is 0 Å². The lowest BCUT2D eigenvalue weighted by molar-refractivity contribution is -0.144. The minimum Gasteiger partial charge on any atom is -0.453 e. The standard InChI is InChI=1S/C28H29NO2/c30-28(17-16-23-10-4-1-5-11-23)31-27(26-14-8-3-9-15-26)22-29-20-18-25(19-21-29)24-12-6-2-7-13-24/h1-17,25,27H,18-22H2. The maximum Gasteiger partial charge on any atom is 0.331 e. The van der Waals surface area contributed by atoms with E-state index in [0.29, 0.717) is 5.92 Å². The van der Waals surface area contributed by atoms with E-state index in [4.69, 9.17) is 4.74 Å². The number of benzene rings is 3. The number of esters is 1. The lowest BCUT2D eigenvalue weighted by atomic mass is 9.89. The van der Waals surface area contributed by atoms with Gasteiger partial charge < -0.3 is 4.74 Å². The van der Waals surface area contributed by atoms with Gasteiger partial charge in [0.05, 0.1) is 0 Å². The molecule has 0 saturated carbocycles. The average molecular weight is 412 g/mol. The van der Waals surface area contributed by atoms with Gasteiger partial charge in [0, 0.05) is 12.6 Å². The summed E-state index contributed by atoms with van der Waals surface area (Å²) in [5, 5.41) is 0. The van der Waals surface area contributed by atoms with E-state index in [0.717, 1.165) is 43.6 Å². The first-order valence-electron chi connectivity index (χ1n) is 11.0. The molecule has 0 amide bonds. The van der Waals surface area contributed by atoms with Gasteiger partial charge in [0.25, 0.3) is 0 Å². The molecular formula is C28H29NO2. The van der Waals surface area contributed by atoms with Crippen LogP contribution < -0.4 is 0 Å². The van der Waals surface area contributed by atoms with Crippen molar-refractivity contribution in [3.8, 4) is 0 Å². The van der Waals surface area contributed by atoms with Crippen LogP contribution in [-0.2, 0) is 9.53 Å². The van der Waals surface area contributed by atoms with Crippen LogP contribution in [0.15, 0.2) is 97.1 Å². The van der Waals surface area contributed by atoms with Crippen LogP contribution in [0.25, 0.3) is 6.08 Å². The van der Waals surface area contributed by atoms with Crippen LogP contribution in [0.1, 0.15) is 41.6 Å². The summed E-state index contributed by atoms with van der Waals surface area (Å²) >= 11 is 0. The van der Waals surface area contributed by atoms with Crippen LogP contribution in [0.3, 0.4) is 0 Å². The fourth-order valence-corrected chi connectivity index (χ4v) is 4.19. The molecule has 0 N–H and O–H groups in total. The average Bonchev–Trinajstić information content (AvgIpc) is 2.84. The first-order valence-corrected chi connectivity index (χ1v) is 11.0. The van der Waals surface area contributed by atoms with Gasteiger partial charge in [0.15, 0.2) is 0 Å². The van der Waals surface area contributed by atoms with Crippen molar-refractivity contribution in [2.45, 2.75) is 24.9 Å². The summed E-state index contributed by atoms with van der Waals surface area (Å²) in [7, 11) is 0. The minimum absolute atomic E-state index is 0.276. The van der Waals surface area contributed by atoms with Crippen LogP contribution in [-0.4, -0.2) is 30.5 Å². The minimum atomic E-state index is -0.308. The molecule has 3 heteroatoms. The zero-order valence-corrected chi connectivity index (χ0v) is 17.8. The fourth-order valence-electron chi connectivity index (χ4n) is 4.19. The molecular weight excluding hydrogens is 382 g/mol. The number of piperidine rings is 1. The number of carbonyl (C=O) groups excluding carboxylic acids is 1. The molecule has 1 fully saturated rings. The Morgan fingerprint density at radius 1 is 0.871 bits per heavy atom. The second kappa shape index (κ2) is 10.7. The van der Waals surface area contributed by atoms with Gasteiger partial charge in [-0.2, -0.15) is 0 Å². The fraction of sp³-hybridized carbons (Fsp3) is 0.250. The second-order valence-corrected chi connectivity index (χ2v) is 8.07. The molecule has 158 valence electrons. The molecule has 1 aliphatic rings. The predicted octanol–water partition coefficient (Wildman–Crippen LogP) is 5.86. The van der Waals surface area contributed by atoms with E-state index in [-0.39, 0.29) is 12.1 Å². The van der Waals surface area contributed by atoms with E-state index in [1.165, 1.54) is 11.6 Å². The first-order chi connectivity index (χ1) is 15.3. The Morgan fingerprint density at radius 3 is 2.10 bits per heavy atom. The molecule has 0 spiro atoms. The quantitative estimate of drug-likeness (QED) is 0.360. The normalized spacial score (nSPS) is 16.3. The van der Waals surface area contributed by atoms with Crippen LogP contribution in [0.4, 0.5) is 0 Å². The summed E-state index contributed by atoms with van der Waals surface area (Å²) in [4.78, 5) is 15.0. The van der Waals surface area contributed by atoms with Crippen molar-refractivity contribution in [3.05, 3.63) is 114 Å². The lowest BCUT2D eigenvalue weighted by Gasteiger charge is -2.34. The topological polar surface area (TPSA) is 29.5 Å². The first kappa shape index (κ1) is 21.1. The molecule has 1 heterocycles. The Balaban J connectivity index is 1.38. The summed E-state index contributed by atoms with van der Waals surface area (Å²) in [6.07, 6.45) is 5.31. The smallest absolute Gasteiger partial charge is 0.331 e. The van der Waals surface area contributed by atoms with Gasteiger partial charge in [-0.1, -0.05) is 91.0 Å². The van der Waals surface area contributed by atoms with Gasteiger partial charge in [-0.15, -0.1) is 0 Å². The molecule has 31 heavy (non-hydrogen) atoms. The number of ether oxygens (including phenoxy) is 1. The van der Waals surface area contributed by atoms with E-state index in [2.05, 4.69) is 35.2 Å². The van der Waals surface area contributed by atoms with Gasteiger partial charge in [-0.05, 0) is 54.6 Å². The predicted molar refractivity (Wildman–Crippen MR) is 126 cm³/mol. The number of likely N-dealkylation sites (tertiary alicyclic amines) is 1. The van der Waals surface area contributed by atoms with E-state index < -0.39 is 0 Å². The highest BCUT2D eigenvalue weighted by Crippen LogP contribution is 2.29. The van der Waals surface area contributed by atoms with Crippen molar-refractivity contribution >= 4 is 12.0 Å². The summed E-state index contributed by atoms with van der Waals surface area (Å²) in [6, 6.07) is 30.6. The maximum atomic E-state index is 12.6. The summed E-state index contributed by atoms with van der Waals surface area (Å²) in [6.45, 7) is 2.75. The second-order valence-electron chi connectivity index (χ2n) is 8.07. The van der Waals surface area contributed by atoms with Crippen molar-refractivity contribution in [2.24, 2.45) is 0 Å². The van der Waals surface area contributed by atoms with Crippen LogP contribution >= 0.6 is 0 Å². The highest BCUT2D eigenvalue weighted by molar-refractivity contribution is 5.87. The van der Waals surface area contributed by atoms with Crippen molar-refractivity contribution in [2.75, 3.05) is 19.6 Å². The van der Waals surface area contributed by atoms with Gasteiger partial charge in [0.2, 0.25) is 0 Å². The Kier molecular flexibility index (Phi) is 7.30. The number of rotatable bonds is 7. The molecule has 1 atom stereocenters. The van der Waals surface area contributed by atoms with Gasteiger partial charge in [-0.25, -0.2) is 4.79 Å². The molecule has 1 aliphatic heterocycles. The summed E-state index contributed by atoms with van der Waals surface area (Å²) < 4.78 is 5.91. The van der Waals surface area contributed by atoms with Gasteiger partial charge in [0.1, 0.15) is 6.10 Å². The Morgan fingerprint density at radius 2 is 1.45 bits per heavy atom. The number of carbonyl (C=O) groups is 1. The highest BCUT2D eigenvalue weighted by Gasteiger charge is 2.25. The molecule has 3 aromatic carbocycles. The number of hydrogen-bond donors (Lipinski definition) is 0. The Bertz CT molecular complexity index is 962. The van der Waals surface area contributed by atoms with Gasteiger partial charge >= 0.3 is 5.97 Å². The van der Waals surface area contributed by atoms with Crippen LogP contribution in [0.5, 0.6) is 0 Å². The molecule has 0 bridgehead atoms. The molecule has 3 nitrogen and oxygen atoms in total. The van der Waals surface area contributed by atoms with E-state index in [1.807, 2.05) is 60.7 Å². The van der Waals surface area contributed by atoms with Crippen LogP contribution in [0.2, 0.25) is 0 Å². The molecule has 0 aromatic heterocycles. The molecule has 0 radical (unpaired) electrons. The molecule has 4 rings (SSSR count). The van der Waals surface area contributed by atoms with Crippen molar-refractivity contribution in [1.29, 1.82) is 0 Å². The summed E-state index contributed by atoms with van der Waals surface area (Å²) in [5.74, 6) is 0.306. The number of nitrogens with zero attached hydrogens (tertiary/aromatic N) is 1. The summed E-state index contributed by atoms with van der Waals surface area (Å²) in [5.41, 5.74) is 3.45. The zero-order chi connectivity index (χ0) is 21.3.